The van der Waals surface area contributed by atoms with Crippen LogP contribution in [0.25, 0.3) is 10.9 Å². The number of ether oxygens (including phenoxy) is 2. The zero-order valence-electron chi connectivity index (χ0n) is 23.0. The number of fused-ring (bicyclic) bond motifs is 1. The van der Waals surface area contributed by atoms with Gasteiger partial charge in [0.1, 0.15) is 36.4 Å². The van der Waals surface area contributed by atoms with Gasteiger partial charge in [0.2, 0.25) is 11.4 Å². The molecule has 0 unspecified atom stereocenters. The second kappa shape index (κ2) is 11.9. The number of aryl methyl sites for hydroxylation is 1. The molecule has 3 aromatic rings. The Kier molecular flexibility index (Phi) is 8.01. The second-order valence-electron chi connectivity index (χ2n) is 9.43. The van der Waals surface area contributed by atoms with Crippen LogP contribution in [0, 0.1) is 6.92 Å². The Hall–Kier alpha value is -4.46. The lowest BCUT2D eigenvalue weighted by Crippen LogP contribution is -2.14. The summed E-state index contributed by atoms with van der Waals surface area (Å²) in [6.45, 7) is 7.02. The van der Waals surface area contributed by atoms with E-state index in [4.69, 9.17) is 9.47 Å². The number of rotatable bonds is 8. The maximum Gasteiger partial charge on any atom is 0.248 e. The van der Waals surface area contributed by atoms with Crippen LogP contribution >= 0.6 is 0 Å². The monoisotopic (exact) mass is 523 g/mol. The van der Waals surface area contributed by atoms with E-state index in [1.54, 1.807) is 19.7 Å². The van der Waals surface area contributed by atoms with Gasteiger partial charge in [-0.05, 0) is 62.6 Å². The molecule has 0 aliphatic carbocycles. The molecular formula is C31H35N6O2+. The number of hydrazone groups is 1. The molecule has 0 radical (unpaired) electrons. The first-order valence-corrected chi connectivity index (χ1v) is 13.5. The van der Waals surface area contributed by atoms with E-state index in [0.717, 1.165) is 76.6 Å². The van der Waals surface area contributed by atoms with E-state index in [-0.39, 0.29) is 0 Å². The summed E-state index contributed by atoms with van der Waals surface area (Å²) in [5.41, 5.74) is 4.75. The van der Waals surface area contributed by atoms with Crippen LogP contribution in [-0.4, -0.2) is 45.6 Å². The highest BCUT2D eigenvalue weighted by Gasteiger charge is 2.23. The summed E-state index contributed by atoms with van der Waals surface area (Å²) in [4.78, 5) is 9.09. The van der Waals surface area contributed by atoms with Gasteiger partial charge < -0.3 is 14.8 Å². The summed E-state index contributed by atoms with van der Waals surface area (Å²) in [5.74, 6) is 3.02. The van der Waals surface area contributed by atoms with Crippen molar-refractivity contribution in [2.24, 2.45) is 5.10 Å². The molecule has 0 spiro atoms. The molecule has 5 rings (SSSR count). The van der Waals surface area contributed by atoms with Gasteiger partial charge in [-0.15, -0.1) is 0 Å². The number of allylic oxidation sites excluding steroid dienone is 3. The average Bonchev–Trinajstić information content (AvgIpc) is 2.96. The van der Waals surface area contributed by atoms with E-state index in [1.807, 2.05) is 55.4 Å². The number of hydrogen-bond donors (Lipinski definition) is 1. The zero-order chi connectivity index (χ0) is 27.2. The molecule has 200 valence electrons. The predicted octanol–water partition coefficient (Wildman–Crippen LogP) is 6.98. The third-order valence-corrected chi connectivity index (χ3v) is 6.70. The van der Waals surface area contributed by atoms with Gasteiger partial charge in [-0.25, -0.2) is 15.0 Å². The number of benzene rings is 2. The summed E-state index contributed by atoms with van der Waals surface area (Å²) < 4.78 is 14.5. The van der Waals surface area contributed by atoms with Crippen molar-refractivity contribution >= 4 is 40.5 Å². The molecule has 0 amide bonds. The molecule has 0 saturated carbocycles. The maximum atomic E-state index is 6.26. The van der Waals surface area contributed by atoms with Gasteiger partial charge in [0, 0.05) is 43.1 Å². The molecule has 0 bridgehead atoms. The first-order valence-electron chi connectivity index (χ1n) is 13.5. The molecule has 2 aliphatic rings. The summed E-state index contributed by atoms with van der Waals surface area (Å²) in [7, 11) is 1.71. The van der Waals surface area contributed by atoms with E-state index < -0.39 is 0 Å². The van der Waals surface area contributed by atoms with Crippen molar-refractivity contribution in [3.8, 4) is 11.5 Å². The van der Waals surface area contributed by atoms with Crippen LogP contribution in [0.4, 0.5) is 17.2 Å². The van der Waals surface area contributed by atoms with Crippen LogP contribution in [0.15, 0.2) is 77.6 Å². The summed E-state index contributed by atoms with van der Waals surface area (Å²) >= 11 is 0. The number of hydrogen-bond acceptors (Lipinski definition) is 7. The largest absolute Gasteiger partial charge is 0.490 e. The zero-order valence-corrected chi connectivity index (χ0v) is 23.0. The number of methoxy groups -OCH3 is 1. The minimum Gasteiger partial charge on any atom is -0.490 e. The fourth-order valence-electron chi connectivity index (χ4n) is 4.87. The first-order chi connectivity index (χ1) is 19.1. The Bertz CT molecular complexity index is 1520. The standard InChI is InChI=1S/C31H35N6O2/c1-5-10-24-20-25(15-18-37(24)34-6-2)39-28-14-11-23(19-22(28)3)35-31-29-26(32-21-33-31)12-13-27(30(29)38-4)36-16-8-7-9-17-36/h6,10-16,18-21H,5,7-9,17H2,1-4H3,(H,32,33,35)/q+1/b24-10+,34-6-. The van der Waals surface area contributed by atoms with Crippen molar-refractivity contribution in [1.82, 2.24) is 15.0 Å². The van der Waals surface area contributed by atoms with E-state index in [2.05, 4.69) is 56.3 Å². The number of nitrogens with one attached hydrogen (secondary N) is 1. The Morgan fingerprint density at radius 1 is 1.18 bits per heavy atom. The molecule has 1 aromatic heterocycles. The summed E-state index contributed by atoms with van der Waals surface area (Å²) in [6.07, 6.45) is 17.9. The van der Waals surface area contributed by atoms with Gasteiger partial charge >= 0.3 is 0 Å². The molecule has 0 saturated heterocycles. The highest BCUT2D eigenvalue weighted by molar-refractivity contribution is 5.98. The summed E-state index contributed by atoms with van der Waals surface area (Å²) in [5, 5.41) is 10.6. The van der Waals surface area contributed by atoms with Gasteiger partial charge in [-0.2, -0.15) is 9.68 Å². The van der Waals surface area contributed by atoms with Crippen molar-refractivity contribution in [3.63, 3.8) is 0 Å². The molecule has 2 aliphatic heterocycles. The van der Waals surface area contributed by atoms with Crippen molar-refractivity contribution in [3.05, 3.63) is 78.1 Å². The van der Waals surface area contributed by atoms with Gasteiger partial charge in [0.05, 0.1) is 23.7 Å². The van der Waals surface area contributed by atoms with Crippen LogP contribution in [-0.2, 0) is 0 Å². The minimum absolute atomic E-state index is 0.701. The Morgan fingerprint density at radius 3 is 2.82 bits per heavy atom. The Morgan fingerprint density at radius 2 is 2.08 bits per heavy atom. The van der Waals surface area contributed by atoms with Gasteiger partial charge in [-0.1, -0.05) is 13.0 Å². The topological polar surface area (TPSA) is 74.9 Å². The Labute approximate surface area is 229 Å². The molecule has 0 atom stereocenters. The average molecular weight is 524 g/mol. The van der Waals surface area contributed by atoms with Crippen molar-refractivity contribution in [2.45, 2.75) is 46.5 Å². The van der Waals surface area contributed by atoms with Crippen LogP contribution in [0.1, 0.15) is 45.1 Å². The number of nitrogens with zero attached hydrogens (tertiary/aromatic N) is 5. The normalized spacial score (nSPS) is 16.5. The smallest absolute Gasteiger partial charge is 0.248 e. The lowest BCUT2D eigenvalue weighted by molar-refractivity contribution is -0.442. The van der Waals surface area contributed by atoms with Crippen LogP contribution in [0.2, 0.25) is 0 Å². The van der Waals surface area contributed by atoms with Crippen molar-refractivity contribution in [2.75, 3.05) is 19.0 Å². The maximum absolute atomic E-state index is 6.26. The Balaban J connectivity index is 1.42. The van der Waals surface area contributed by atoms with Gasteiger partial charge in [0.15, 0.2) is 0 Å². The molecule has 1 N–H and O–H groups in total. The van der Waals surface area contributed by atoms with Crippen LogP contribution in [0.3, 0.4) is 0 Å². The SMILES string of the molecule is C/C=N\N1C=CC(Oc2ccc(Nc3ncnc4ccc([N+]5=CCCCC5)c(OC)c34)cc2C)=C/C1=C\CC. The predicted molar refractivity (Wildman–Crippen MR) is 157 cm³/mol. The third kappa shape index (κ3) is 5.70. The fraction of sp³-hybridized carbons (Fsp3) is 0.290. The van der Waals surface area contributed by atoms with E-state index in [0.29, 0.717) is 5.82 Å². The number of anilines is 2. The lowest BCUT2D eigenvalue weighted by Gasteiger charge is -2.21. The fourth-order valence-corrected chi connectivity index (χ4v) is 4.87. The third-order valence-electron chi connectivity index (χ3n) is 6.70. The second-order valence-corrected chi connectivity index (χ2v) is 9.43. The molecule has 8 heteroatoms. The van der Waals surface area contributed by atoms with Crippen LogP contribution in [0.5, 0.6) is 11.5 Å². The number of aromatic nitrogens is 2. The molecule has 8 nitrogen and oxygen atoms in total. The van der Waals surface area contributed by atoms with Crippen LogP contribution < -0.4 is 14.8 Å². The van der Waals surface area contributed by atoms with Crippen molar-refractivity contribution < 1.29 is 14.0 Å². The van der Waals surface area contributed by atoms with E-state index in [1.165, 1.54) is 6.42 Å². The molecule has 3 heterocycles. The highest BCUT2D eigenvalue weighted by Crippen LogP contribution is 2.39. The quantitative estimate of drug-likeness (QED) is 0.254. The van der Waals surface area contributed by atoms with Gasteiger partial charge in [-0.3, -0.25) is 0 Å². The lowest BCUT2D eigenvalue weighted by atomic mass is 10.1. The minimum atomic E-state index is 0.701. The molecular weight excluding hydrogens is 488 g/mol. The van der Waals surface area contributed by atoms with E-state index in [9.17, 15) is 0 Å². The highest BCUT2D eigenvalue weighted by atomic mass is 16.5. The van der Waals surface area contributed by atoms with Crippen molar-refractivity contribution in [1.29, 1.82) is 0 Å². The van der Waals surface area contributed by atoms with Gasteiger partial charge in [0.25, 0.3) is 0 Å². The molecule has 39 heavy (non-hydrogen) atoms. The first kappa shape index (κ1) is 26.2. The molecule has 0 fully saturated rings. The summed E-state index contributed by atoms with van der Waals surface area (Å²) in [6, 6.07) is 10.1. The molecule has 2 aromatic carbocycles. The van der Waals surface area contributed by atoms with E-state index >= 15 is 0 Å².